The number of carbonyl (C=O) groups excluding carboxylic acids is 1. The Hall–Kier alpha value is -2.27. The topological polar surface area (TPSA) is 50.8 Å². The summed E-state index contributed by atoms with van der Waals surface area (Å²) in [6.45, 7) is 8.22. The highest BCUT2D eigenvalue weighted by Crippen LogP contribution is 2.28. The number of hydrogen-bond donors (Lipinski definition) is 1. The number of nitrogens with one attached hydrogen (secondary N) is 1. The molecule has 1 aliphatic rings. The van der Waals surface area contributed by atoms with Gasteiger partial charge in [0.25, 0.3) is 0 Å². The molecule has 0 aromatic heterocycles. The van der Waals surface area contributed by atoms with E-state index >= 15 is 0 Å². The lowest BCUT2D eigenvalue weighted by Crippen LogP contribution is -2.30. The maximum atomic E-state index is 12.0. The Bertz CT molecular complexity index is 620. The molecular weight excluding hydrogens is 340 g/mol. The zero-order valence-corrected chi connectivity index (χ0v) is 16.4. The average molecular weight is 373 g/mol. The van der Waals surface area contributed by atoms with E-state index in [0.717, 1.165) is 18.5 Å². The molecule has 0 spiro atoms. The molecule has 1 aromatic carbocycles. The van der Waals surface area contributed by atoms with E-state index in [4.69, 9.17) is 9.47 Å². The number of carbonyl (C=O) groups is 1. The average Bonchev–Trinajstić information content (AvgIpc) is 2.97. The molecule has 1 N–H and O–H groups in total. The molecule has 0 aliphatic carbocycles. The Morgan fingerprint density at radius 3 is 2.70 bits per heavy atom. The predicted octanol–water partition coefficient (Wildman–Crippen LogP) is 3.66. The Balaban J connectivity index is 1.74. The first-order valence-corrected chi connectivity index (χ1v) is 9.83. The standard InChI is InChI=1S/C22H32N2O3/c1-3-17-27-20-11-9-19(18-21(20)26-2)10-12-22(25)23-13-8-16-24-14-6-4-5-7-15-24/h3,9-12,18H,1,4-8,13-17H2,2H3,(H,23,25)/b12-10+. The second-order valence-electron chi connectivity index (χ2n) is 6.74. The van der Waals surface area contributed by atoms with Crippen molar-refractivity contribution < 1.29 is 14.3 Å². The summed E-state index contributed by atoms with van der Waals surface area (Å²) in [6.07, 6.45) is 11.3. The summed E-state index contributed by atoms with van der Waals surface area (Å²) in [6, 6.07) is 5.58. The number of nitrogens with zero attached hydrogens (tertiary/aromatic N) is 1. The van der Waals surface area contributed by atoms with E-state index in [0.29, 0.717) is 24.7 Å². The van der Waals surface area contributed by atoms with Gasteiger partial charge in [-0.25, -0.2) is 0 Å². The molecule has 1 aromatic rings. The zero-order valence-electron chi connectivity index (χ0n) is 16.4. The number of rotatable bonds is 10. The van der Waals surface area contributed by atoms with Crippen LogP contribution in [0.1, 0.15) is 37.7 Å². The van der Waals surface area contributed by atoms with E-state index in [9.17, 15) is 4.79 Å². The van der Waals surface area contributed by atoms with Crippen molar-refractivity contribution in [2.75, 3.05) is 39.9 Å². The number of amides is 1. The van der Waals surface area contributed by atoms with E-state index in [1.807, 2.05) is 18.2 Å². The molecule has 0 radical (unpaired) electrons. The molecule has 0 atom stereocenters. The van der Waals surface area contributed by atoms with E-state index < -0.39 is 0 Å². The van der Waals surface area contributed by atoms with Gasteiger partial charge in [0.2, 0.25) is 5.91 Å². The molecule has 1 aliphatic heterocycles. The van der Waals surface area contributed by atoms with Gasteiger partial charge in [-0.1, -0.05) is 31.6 Å². The molecule has 0 saturated carbocycles. The summed E-state index contributed by atoms with van der Waals surface area (Å²) < 4.78 is 10.9. The van der Waals surface area contributed by atoms with Crippen LogP contribution in [0, 0.1) is 0 Å². The SMILES string of the molecule is C=CCOc1ccc(/C=C/C(=O)NCCCN2CCCCCC2)cc1OC. The number of hydrogen-bond acceptors (Lipinski definition) is 4. The number of ether oxygens (including phenoxy) is 2. The van der Waals surface area contributed by atoms with Crippen molar-refractivity contribution in [2.45, 2.75) is 32.1 Å². The predicted molar refractivity (Wildman–Crippen MR) is 110 cm³/mol. The van der Waals surface area contributed by atoms with Gasteiger partial charge in [0.15, 0.2) is 11.5 Å². The highest BCUT2D eigenvalue weighted by Gasteiger charge is 2.08. The van der Waals surface area contributed by atoms with Gasteiger partial charge in [-0.3, -0.25) is 4.79 Å². The van der Waals surface area contributed by atoms with Gasteiger partial charge >= 0.3 is 0 Å². The van der Waals surface area contributed by atoms with Crippen LogP contribution in [0.15, 0.2) is 36.9 Å². The monoisotopic (exact) mass is 372 g/mol. The fraction of sp³-hybridized carbons (Fsp3) is 0.500. The van der Waals surface area contributed by atoms with Crippen LogP contribution < -0.4 is 14.8 Å². The van der Waals surface area contributed by atoms with Crippen LogP contribution >= 0.6 is 0 Å². The second kappa shape index (κ2) is 12.2. The summed E-state index contributed by atoms with van der Waals surface area (Å²) >= 11 is 0. The molecule has 1 heterocycles. The van der Waals surface area contributed by atoms with Crippen LogP contribution in [0.25, 0.3) is 6.08 Å². The zero-order chi connectivity index (χ0) is 19.3. The largest absolute Gasteiger partial charge is 0.493 e. The van der Waals surface area contributed by atoms with Crippen LogP contribution in [0.3, 0.4) is 0 Å². The first-order valence-electron chi connectivity index (χ1n) is 9.83. The molecule has 1 saturated heterocycles. The third kappa shape index (κ3) is 7.87. The lowest BCUT2D eigenvalue weighted by molar-refractivity contribution is -0.116. The fourth-order valence-corrected chi connectivity index (χ4v) is 3.16. The summed E-state index contributed by atoms with van der Waals surface area (Å²) in [4.78, 5) is 14.5. The van der Waals surface area contributed by atoms with Gasteiger partial charge in [-0.15, -0.1) is 0 Å². The van der Waals surface area contributed by atoms with Crippen LogP contribution in [-0.4, -0.2) is 50.7 Å². The first-order chi connectivity index (χ1) is 13.2. The normalized spacial score (nSPS) is 15.3. The van der Waals surface area contributed by atoms with E-state index in [-0.39, 0.29) is 5.91 Å². The molecule has 0 bridgehead atoms. The van der Waals surface area contributed by atoms with Gasteiger partial charge in [0.1, 0.15) is 6.61 Å². The highest BCUT2D eigenvalue weighted by atomic mass is 16.5. The van der Waals surface area contributed by atoms with Crippen molar-refractivity contribution in [3.05, 3.63) is 42.5 Å². The van der Waals surface area contributed by atoms with Gasteiger partial charge in [-0.05, 0) is 62.7 Å². The van der Waals surface area contributed by atoms with Gasteiger partial charge in [-0.2, -0.15) is 0 Å². The maximum Gasteiger partial charge on any atom is 0.243 e. The molecule has 5 heteroatoms. The minimum Gasteiger partial charge on any atom is -0.493 e. The third-order valence-corrected chi connectivity index (χ3v) is 4.62. The van der Waals surface area contributed by atoms with Crippen molar-refractivity contribution in [2.24, 2.45) is 0 Å². The lowest BCUT2D eigenvalue weighted by atomic mass is 10.2. The molecule has 27 heavy (non-hydrogen) atoms. The van der Waals surface area contributed by atoms with Crippen molar-refractivity contribution in [3.63, 3.8) is 0 Å². The van der Waals surface area contributed by atoms with Crippen molar-refractivity contribution in [3.8, 4) is 11.5 Å². The molecule has 148 valence electrons. The summed E-state index contributed by atoms with van der Waals surface area (Å²) in [5, 5.41) is 2.96. The van der Waals surface area contributed by atoms with E-state index in [1.165, 1.54) is 38.8 Å². The Morgan fingerprint density at radius 2 is 2.00 bits per heavy atom. The number of methoxy groups -OCH3 is 1. The van der Waals surface area contributed by atoms with E-state index in [2.05, 4.69) is 16.8 Å². The third-order valence-electron chi connectivity index (χ3n) is 4.62. The Kier molecular flexibility index (Phi) is 9.49. The van der Waals surface area contributed by atoms with Gasteiger partial charge < -0.3 is 19.7 Å². The quantitative estimate of drug-likeness (QED) is 0.387. The molecule has 1 amide bonds. The van der Waals surface area contributed by atoms with Crippen LogP contribution in [-0.2, 0) is 4.79 Å². The van der Waals surface area contributed by atoms with Crippen LogP contribution in [0.2, 0.25) is 0 Å². The number of likely N-dealkylation sites (tertiary alicyclic amines) is 1. The molecule has 2 rings (SSSR count). The maximum absolute atomic E-state index is 12.0. The lowest BCUT2D eigenvalue weighted by Gasteiger charge is -2.19. The Labute approximate surface area is 163 Å². The number of benzene rings is 1. The fourth-order valence-electron chi connectivity index (χ4n) is 3.16. The van der Waals surface area contributed by atoms with Crippen molar-refractivity contribution in [1.29, 1.82) is 0 Å². The van der Waals surface area contributed by atoms with Crippen LogP contribution in [0.4, 0.5) is 0 Å². The Morgan fingerprint density at radius 1 is 1.22 bits per heavy atom. The molecule has 1 fully saturated rings. The van der Waals surface area contributed by atoms with Crippen LogP contribution in [0.5, 0.6) is 11.5 Å². The van der Waals surface area contributed by atoms with E-state index in [1.54, 1.807) is 25.3 Å². The van der Waals surface area contributed by atoms with Gasteiger partial charge in [0, 0.05) is 12.6 Å². The van der Waals surface area contributed by atoms with Crippen molar-refractivity contribution in [1.82, 2.24) is 10.2 Å². The minimum absolute atomic E-state index is 0.0724. The first kappa shape index (κ1) is 21.0. The van der Waals surface area contributed by atoms with Gasteiger partial charge in [0.05, 0.1) is 7.11 Å². The second-order valence-corrected chi connectivity index (χ2v) is 6.74. The summed E-state index contributed by atoms with van der Waals surface area (Å²) in [7, 11) is 1.60. The molecular formula is C22H32N2O3. The molecule has 5 nitrogen and oxygen atoms in total. The highest BCUT2D eigenvalue weighted by molar-refractivity contribution is 5.91. The molecule has 0 unspecified atom stereocenters. The summed E-state index contributed by atoms with van der Waals surface area (Å²) in [5.41, 5.74) is 0.887. The summed E-state index contributed by atoms with van der Waals surface area (Å²) in [5.74, 6) is 1.22. The smallest absolute Gasteiger partial charge is 0.243 e. The minimum atomic E-state index is -0.0724. The van der Waals surface area contributed by atoms with Crippen molar-refractivity contribution >= 4 is 12.0 Å².